The van der Waals surface area contributed by atoms with Gasteiger partial charge in [0.15, 0.2) is 0 Å². The maximum atomic E-state index is 12.1. The number of nitrogens with one attached hydrogen (secondary N) is 1. The number of epoxide rings is 1. The van der Waals surface area contributed by atoms with Gasteiger partial charge in [0.25, 0.3) is 0 Å². The van der Waals surface area contributed by atoms with E-state index in [2.05, 4.69) is 36.5 Å². The van der Waals surface area contributed by atoms with Crippen molar-refractivity contribution in [3.63, 3.8) is 0 Å². The van der Waals surface area contributed by atoms with Gasteiger partial charge in [-0.15, -0.1) is 0 Å². The van der Waals surface area contributed by atoms with Crippen LogP contribution < -0.4 is 10.1 Å². The van der Waals surface area contributed by atoms with E-state index in [9.17, 15) is 4.79 Å². The molecule has 0 aromatic heterocycles. The van der Waals surface area contributed by atoms with Crippen LogP contribution in [0.5, 0.6) is 5.75 Å². The first kappa shape index (κ1) is 25.3. The molecule has 1 aliphatic rings. The van der Waals surface area contributed by atoms with Crippen molar-refractivity contribution >= 4 is 16.9 Å². The van der Waals surface area contributed by atoms with Crippen LogP contribution >= 0.6 is 0 Å². The predicted octanol–water partition coefficient (Wildman–Crippen LogP) is 5.36. The Bertz CT molecular complexity index is 903. The van der Waals surface area contributed by atoms with Crippen molar-refractivity contribution < 1.29 is 23.7 Å². The first-order valence-electron chi connectivity index (χ1n) is 11.9. The predicted molar refractivity (Wildman–Crippen MR) is 131 cm³/mol. The summed E-state index contributed by atoms with van der Waals surface area (Å²) in [6.45, 7) is 10.5. The number of carbonyl (C=O) groups excluding carboxylic acids is 1. The van der Waals surface area contributed by atoms with Gasteiger partial charge in [0.05, 0.1) is 25.9 Å². The molecule has 1 fully saturated rings. The van der Waals surface area contributed by atoms with E-state index in [0.29, 0.717) is 37.8 Å². The maximum Gasteiger partial charge on any atom is 0.407 e. The highest BCUT2D eigenvalue weighted by Crippen LogP contribution is 2.32. The third-order valence-corrected chi connectivity index (χ3v) is 5.99. The molecule has 6 heteroatoms. The zero-order chi connectivity index (χ0) is 23.8. The molecule has 1 aliphatic heterocycles. The van der Waals surface area contributed by atoms with Crippen LogP contribution in [0.25, 0.3) is 10.8 Å². The minimum absolute atomic E-state index is 0.304. The Balaban J connectivity index is 1.68. The van der Waals surface area contributed by atoms with Gasteiger partial charge in [-0.3, -0.25) is 0 Å². The van der Waals surface area contributed by atoms with Gasteiger partial charge in [-0.2, -0.15) is 0 Å². The number of carbonyl (C=O) groups is 1. The van der Waals surface area contributed by atoms with Gasteiger partial charge in [-0.25, -0.2) is 4.79 Å². The second-order valence-corrected chi connectivity index (χ2v) is 10.1. The molecule has 0 radical (unpaired) electrons. The summed E-state index contributed by atoms with van der Waals surface area (Å²) in [6, 6.07) is 12.7. The summed E-state index contributed by atoms with van der Waals surface area (Å²) in [5.41, 5.74) is 0.958. The Labute approximate surface area is 197 Å². The zero-order valence-electron chi connectivity index (χ0n) is 20.7. The first-order chi connectivity index (χ1) is 15.7. The van der Waals surface area contributed by atoms with Crippen LogP contribution in [-0.2, 0) is 20.6 Å². The average molecular weight is 458 g/mol. The largest absolute Gasteiger partial charge is 0.491 e. The number of rotatable bonds is 12. The molecule has 0 bridgehead atoms. The molecule has 2 aromatic carbocycles. The third-order valence-electron chi connectivity index (χ3n) is 5.99. The van der Waals surface area contributed by atoms with Gasteiger partial charge < -0.3 is 24.3 Å². The summed E-state index contributed by atoms with van der Waals surface area (Å²) in [7, 11) is 1.68. The van der Waals surface area contributed by atoms with Crippen LogP contribution in [0.4, 0.5) is 4.79 Å². The quantitative estimate of drug-likeness (QED) is 0.343. The second-order valence-electron chi connectivity index (χ2n) is 10.1. The molecule has 0 aliphatic carbocycles. The molecule has 1 saturated heterocycles. The lowest BCUT2D eigenvalue weighted by molar-refractivity contribution is 0.124. The summed E-state index contributed by atoms with van der Waals surface area (Å²) in [5, 5.41) is 5.13. The van der Waals surface area contributed by atoms with Crippen molar-refractivity contribution in [3.8, 4) is 5.75 Å². The number of fused-ring (bicyclic) bond motifs is 1. The van der Waals surface area contributed by atoms with Gasteiger partial charge >= 0.3 is 6.09 Å². The van der Waals surface area contributed by atoms with Gasteiger partial charge in [-0.05, 0) is 75.0 Å². The summed E-state index contributed by atoms with van der Waals surface area (Å²) in [4.78, 5) is 12.1. The fourth-order valence-corrected chi connectivity index (χ4v) is 4.13. The summed E-state index contributed by atoms with van der Waals surface area (Å²) < 4.78 is 22.0. The second kappa shape index (κ2) is 11.7. The number of ether oxygens (including phenoxy) is 4. The molecular weight excluding hydrogens is 418 g/mol. The van der Waals surface area contributed by atoms with E-state index < -0.39 is 0 Å². The van der Waals surface area contributed by atoms with Gasteiger partial charge in [-0.1, -0.05) is 31.2 Å². The SMILES string of the molecule is COCCOc1cccc2ccc(CC(CCOC(=O)NC(C)(C)C)C(C)CC3CO3)cc12. The van der Waals surface area contributed by atoms with Gasteiger partial charge in [0, 0.05) is 18.0 Å². The van der Waals surface area contributed by atoms with E-state index in [4.69, 9.17) is 18.9 Å². The van der Waals surface area contributed by atoms with Crippen LogP contribution in [0.15, 0.2) is 36.4 Å². The van der Waals surface area contributed by atoms with Gasteiger partial charge in [0.2, 0.25) is 0 Å². The number of benzene rings is 2. The molecule has 33 heavy (non-hydrogen) atoms. The van der Waals surface area contributed by atoms with E-state index >= 15 is 0 Å². The Morgan fingerprint density at radius 1 is 1.18 bits per heavy atom. The average Bonchev–Trinajstić information content (AvgIpc) is 3.56. The normalized spacial score (nSPS) is 17.4. The van der Waals surface area contributed by atoms with E-state index in [1.807, 2.05) is 32.9 Å². The monoisotopic (exact) mass is 457 g/mol. The lowest BCUT2D eigenvalue weighted by atomic mass is 9.83. The summed E-state index contributed by atoms with van der Waals surface area (Å²) >= 11 is 0. The third kappa shape index (κ3) is 8.52. The Kier molecular flexibility index (Phi) is 8.98. The molecule has 2 aromatic rings. The Hall–Kier alpha value is -2.31. The van der Waals surface area contributed by atoms with Crippen molar-refractivity contribution in [2.75, 3.05) is 33.5 Å². The lowest BCUT2D eigenvalue weighted by Gasteiger charge is -2.25. The highest BCUT2D eigenvalue weighted by Gasteiger charge is 2.29. The van der Waals surface area contributed by atoms with E-state index in [1.165, 1.54) is 5.56 Å². The van der Waals surface area contributed by atoms with Crippen molar-refractivity contribution in [1.82, 2.24) is 5.32 Å². The maximum absolute atomic E-state index is 12.1. The summed E-state index contributed by atoms with van der Waals surface area (Å²) in [5.74, 6) is 1.73. The fraction of sp³-hybridized carbons (Fsp3) is 0.593. The van der Waals surface area contributed by atoms with Crippen LogP contribution in [0.2, 0.25) is 0 Å². The molecule has 3 rings (SSSR count). The molecule has 1 heterocycles. The smallest absolute Gasteiger partial charge is 0.407 e. The topological polar surface area (TPSA) is 69.3 Å². The number of hydrogen-bond acceptors (Lipinski definition) is 5. The molecule has 6 nitrogen and oxygen atoms in total. The molecule has 1 N–H and O–H groups in total. The Morgan fingerprint density at radius 3 is 2.67 bits per heavy atom. The van der Waals surface area contributed by atoms with Crippen molar-refractivity contribution in [3.05, 3.63) is 42.0 Å². The van der Waals surface area contributed by atoms with Crippen LogP contribution in [-0.4, -0.2) is 51.3 Å². The van der Waals surface area contributed by atoms with Crippen LogP contribution in [0.1, 0.15) is 46.1 Å². The molecular formula is C27H39NO5. The molecule has 1 amide bonds. The first-order valence-corrected chi connectivity index (χ1v) is 11.9. The van der Waals surface area contributed by atoms with Gasteiger partial charge in [0.1, 0.15) is 12.4 Å². The lowest BCUT2D eigenvalue weighted by Crippen LogP contribution is -2.41. The summed E-state index contributed by atoms with van der Waals surface area (Å²) in [6.07, 6.45) is 2.79. The number of alkyl carbamates (subject to hydrolysis) is 1. The van der Waals surface area contributed by atoms with Crippen LogP contribution in [0.3, 0.4) is 0 Å². The minimum atomic E-state index is -0.358. The van der Waals surface area contributed by atoms with Crippen molar-refractivity contribution in [2.24, 2.45) is 11.8 Å². The molecule has 0 spiro atoms. The number of amides is 1. The number of hydrogen-bond donors (Lipinski definition) is 1. The Morgan fingerprint density at radius 2 is 1.97 bits per heavy atom. The van der Waals surface area contributed by atoms with E-state index in [-0.39, 0.29) is 11.6 Å². The van der Waals surface area contributed by atoms with E-state index in [1.54, 1.807) is 7.11 Å². The van der Waals surface area contributed by atoms with Crippen LogP contribution in [0, 0.1) is 11.8 Å². The van der Waals surface area contributed by atoms with E-state index in [0.717, 1.165) is 42.4 Å². The van der Waals surface area contributed by atoms with Crippen molar-refractivity contribution in [2.45, 2.75) is 58.6 Å². The zero-order valence-corrected chi connectivity index (χ0v) is 20.7. The molecule has 3 atom stereocenters. The highest BCUT2D eigenvalue weighted by atomic mass is 16.6. The molecule has 182 valence electrons. The minimum Gasteiger partial charge on any atom is -0.491 e. The standard InChI is InChI=1S/C27H39NO5/c1-19(15-23-18-33-23)22(11-12-32-26(29)28-27(2,3)4)16-20-9-10-21-7-6-8-25(24(21)17-20)31-14-13-30-5/h6-10,17,19,22-23H,11-16,18H2,1-5H3,(H,28,29). The van der Waals surface area contributed by atoms with Crippen molar-refractivity contribution in [1.29, 1.82) is 0 Å². The molecule has 0 saturated carbocycles. The highest BCUT2D eigenvalue weighted by molar-refractivity contribution is 5.88. The number of methoxy groups -OCH3 is 1. The fourth-order valence-electron chi connectivity index (χ4n) is 4.13. The molecule has 3 unspecified atom stereocenters.